The van der Waals surface area contributed by atoms with Gasteiger partial charge in [-0.05, 0) is 26.8 Å². The fraction of sp³-hybridized carbons (Fsp3) is 0.778. The number of halogens is 1. The van der Waals surface area contributed by atoms with Crippen molar-refractivity contribution in [2.24, 2.45) is 0 Å². The van der Waals surface area contributed by atoms with Crippen molar-refractivity contribution in [3.05, 3.63) is 12.2 Å². The molecule has 1 N–H and O–H groups in total. The molecule has 0 aromatic rings. The van der Waals surface area contributed by atoms with E-state index in [1.807, 2.05) is 0 Å². The minimum atomic E-state index is 0. The van der Waals surface area contributed by atoms with E-state index < -0.39 is 0 Å². The third-order valence-corrected chi connectivity index (χ3v) is 1.48. The van der Waals surface area contributed by atoms with Crippen molar-refractivity contribution in [2.45, 2.75) is 39.7 Å². The van der Waals surface area contributed by atoms with Gasteiger partial charge in [-0.1, -0.05) is 25.5 Å². The Morgan fingerprint density at radius 1 is 1.45 bits per heavy atom. The fourth-order valence-corrected chi connectivity index (χ4v) is 0.863. The monoisotopic (exact) mass is 177 g/mol. The van der Waals surface area contributed by atoms with Crippen LogP contribution in [0, 0.1) is 0 Å². The molecule has 0 spiro atoms. The summed E-state index contributed by atoms with van der Waals surface area (Å²) in [6, 6.07) is 0.538. The van der Waals surface area contributed by atoms with Crippen LogP contribution in [-0.4, -0.2) is 12.6 Å². The largest absolute Gasteiger partial charge is 0.311 e. The highest BCUT2D eigenvalue weighted by atomic mass is 35.5. The highest BCUT2D eigenvalue weighted by molar-refractivity contribution is 5.85. The zero-order valence-electron chi connectivity index (χ0n) is 7.76. The van der Waals surface area contributed by atoms with Gasteiger partial charge in [-0.15, -0.1) is 12.4 Å². The standard InChI is InChI=1S/C9H19N.ClH/c1-4-6-8-10-9(3)7-5-2;/h5,7,9-10H,4,6,8H2,1-3H3;1H/b7-5+;. The summed E-state index contributed by atoms with van der Waals surface area (Å²) in [7, 11) is 0. The van der Waals surface area contributed by atoms with Crippen molar-refractivity contribution in [1.29, 1.82) is 0 Å². The topological polar surface area (TPSA) is 12.0 Å². The molecule has 0 saturated carbocycles. The van der Waals surface area contributed by atoms with E-state index in [-0.39, 0.29) is 12.4 Å². The van der Waals surface area contributed by atoms with Crippen molar-refractivity contribution in [2.75, 3.05) is 6.54 Å². The van der Waals surface area contributed by atoms with Gasteiger partial charge in [0.25, 0.3) is 0 Å². The smallest absolute Gasteiger partial charge is 0.0221 e. The number of rotatable bonds is 5. The summed E-state index contributed by atoms with van der Waals surface area (Å²) in [6.07, 6.45) is 6.82. The van der Waals surface area contributed by atoms with Crippen molar-refractivity contribution >= 4 is 12.4 Å². The Kier molecular flexibility index (Phi) is 12.3. The summed E-state index contributed by atoms with van der Waals surface area (Å²) < 4.78 is 0. The number of unbranched alkanes of at least 4 members (excludes halogenated alkanes) is 1. The van der Waals surface area contributed by atoms with Crippen molar-refractivity contribution in [3.63, 3.8) is 0 Å². The van der Waals surface area contributed by atoms with Crippen LogP contribution in [0.15, 0.2) is 12.2 Å². The molecule has 0 heterocycles. The van der Waals surface area contributed by atoms with E-state index in [1.54, 1.807) is 0 Å². The van der Waals surface area contributed by atoms with Crippen LogP contribution >= 0.6 is 12.4 Å². The zero-order chi connectivity index (χ0) is 7.82. The third kappa shape index (κ3) is 9.99. The van der Waals surface area contributed by atoms with Gasteiger partial charge in [-0.25, -0.2) is 0 Å². The van der Waals surface area contributed by atoms with E-state index in [4.69, 9.17) is 0 Å². The molecular weight excluding hydrogens is 158 g/mol. The third-order valence-electron chi connectivity index (χ3n) is 1.48. The van der Waals surface area contributed by atoms with Crippen LogP contribution in [0.3, 0.4) is 0 Å². The molecule has 0 saturated heterocycles. The van der Waals surface area contributed by atoms with E-state index in [0.29, 0.717) is 6.04 Å². The fourth-order valence-electron chi connectivity index (χ4n) is 0.863. The minimum absolute atomic E-state index is 0. The molecule has 0 aromatic heterocycles. The van der Waals surface area contributed by atoms with E-state index in [0.717, 1.165) is 6.54 Å². The van der Waals surface area contributed by atoms with Crippen molar-refractivity contribution in [3.8, 4) is 0 Å². The van der Waals surface area contributed by atoms with E-state index in [1.165, 1.54) is 12.8 Å². The summed E-state index contributed by atoms with van der Waals surface area (Å²) >= 11 is 0. The molecule has 0 aliphatic rings. The molecule has 11 heavy (non-hydrogen) atoms. The first-order chi connectivity index (χ1) is 4.81. The summed E-state index contributed by atoms with van der Waals surface area (Å²) in [6.45, 7) is 7.58. The summed E-state index contributed by atoms with van der Waals surface area (Å²) in [5, 5.41) is 3.40. The second kappa shape index (κ2) is 9.99. The highest BCUT2D eigenvalue weighted by Crippen LogP contribution is 1.87. The normalized spacial score (nSPS) is 13.0. The Morgan fingerprint density at radius 2 is 2.09 bits per heavy atom. The Labute approximate surface area is 76.7 Å². The highest BCUT2D eigenvalue weighted by Gasteiger charge is 1.91. The summed E-state index contributed by atoms with van der Waals surface area (Å²) in [5.74, 6) is 0. The molecular formula is C9H20ClN. The van der Waals surface area contributed by atoms with Crippen LogP contribution in [0.2, 0.25) is 0 Å². The van der Waals surface area contributed by atoms with Gasteiger partial charge in [0.2, 0.25) is 0 Å². The Morgan fingerprint density at radius 3 is 2.55 bits per heavy atom. The lowest BCUT2D eigenvalue weighted by Crippen LogP contribution is -2.24. The van der Waals surface area contributed by atoms with Crippen LogP contribution in [-0.2, 0) is 0 Å². The molecule has 0 rings (SSSR count). The first kappa shape index (κ1) is 13.6. The molecule has 1 nitrogen and oxygen atoms in total. The van der Waals surface area contributed by atoms with Crippen LogP contribution < -0.4 is 5.32 Å². The maximum absolute atomic E-state index is 3.40. The lowest BCUT2D eigenvalue weighted by Gasteiger charge is -2.07. The Bertz CT molecular complexity index is 91.6. The van der Waals surface area contributed by atoms with Gasteiger partial charge in [0, 0.05) is 6.04 Å². The molecule has 1 unspecified atom stereocenters. The van der Waals surface area contributed by atoms with E-state index in [9.17, 15) is 0 Å². The molecule has 2 heteroatoms. The van der Waals surface area contributed by atoms with Gasteiger partial charge in [0.15, 0.2) is 0 Å². The van der Waals surface area contributed by atoms with Gasteiger partial charge in [0.05, 0.1) is 0 Å². The van der Waals surface area contributed by atoms with Gasteiger partial charge in [-0.2, -0.15) is 0 Å². The molecule has 0 aliphatic carbocycles. The number of hydrogen-bond acceptors (Lipinski definition) is 1. The molecule has 0 aromatic carbocycles. The average Bonchev–Trinajstić information content (AvgIpc) is 1.89. The number of hydrogen-bond donors (Lipinski definition) is 1. The number of allylic oxidation sites excluding steroid dienone is 1. The van der Waals surface area contributed by atoms with Crippen molar-refractivity contribution < 1.29 is 0 Å². The summed E-state index contributed by atoms with van der Waals surface area (Å²) in [5.41, 5.74) is 0. The second-order valence-electron chi connectivity index (χ2n) is 2.62. The second-order valence-corrected chi connectivity index (χ2v) is 2.62. The Hall–Kier alpha value is -0.0100. The predicted molar refractivity (Wildman–Crippen MR) is 54.4 cm³/mol. The lowest BCUT2D eigenvalue weighted by molar-refractivity contribution is 0.600. The van der Waals surface area contributed by atoms with Crippen LogP contribution in [0.25, 0.3) is 0 Å². The van der Waals surface area contributed by atoms with Gasteiger partial charge in [0.1, 0.15) is 0 Å². The molecule has 0 amide bonds. The molecule has 1 atom stereocenters. The lowest BCUT2D eigenvalue weighted by atomic mass is 10.3. The van der Waals surface area contributed by atoms with Crippen LogP contribution in [0.5, 0.6) is 0 Å². The minimum Gasteiger partial charge on any atom is -0.311 e. The molecule has 0 bridgehead atoms. The van der Waals surface area contributed by atoms with Gasteiger partial charge in [-0.3, -0.25) is 0 Å². The molecule has 68 valence electrons. The predicted octanol–water partition coefficient (Wildman–Crippen LogP) is 2.76. The van der Waals surface area contributed by atoms with Crippen molar-refractivity contribution in [1.82, 2.24) is 5.32 Å². The van der Waals surface area contributed by atoms with Gasteiger partial charge >= 0.3 is 0 Å². The maximum Gasteiger partial charge on any atom is 0.0221 e. The maximum atomic E-state index is 3.40. The van der Waals surface area contributed by atoms with E-state index >= 15 is 0 Å². The first-order valence-corrected chi connectivity index (χ1v) is 4.17. The molecule has 0 fully saturated rings. The summed E-state index contributed by atoms with van der Waals surface area (Å²) in [4.78, 5) is 0. The molecule has 0 radical (unpaired) electrons. The van der Waals surface area contributed by atoms with Gasteiger partial charge < -0.3 is 5.32 Å². The first-order valence-electron chi connectivity index (χ1n) is 4.17. The van der Waals surface area contributed by atoms with Crippen LogP contribution in [0.4, 0.5) is 0 Å². The number of nitrogens with one attached hydrogen (secondary N) is 1. The molecule has 0 aliphatic heterocycles. The average molecular weight is 178 g/mol. The van der Waals surface area contributed by atoms with Crippen LogP contribution in [0.1, 0.15) is 33.6 Å². The zero-order valence-corrected chi connectivity index (χ0v) is 8.58. The quantitative estimate of drug-likeness (QED) is 0.503. The SMILES string of the molecule is C/C=C/C(C)NCCCC.Cl. The Balaban J connectivity index is 0. The van der Waals surface area contributed by atoms with E-state index in [2.05, 4.69) is 38.2 Å².